The number of ketones is 1. The van der Waals surface area contributed by atoms with Crippen LogP contribution in [-0.4, -0.2) is 28.2 Å². The van der Waals surface area contributed by atoms with Gasteiger partial charge in [-0.2, -0.15) is 9.98 Å². The minimum absolute atomic E-state index is 0.00920. The SMILES string of the molecule is O=C=Nc1ccc(C(=O)c2ccc(N=C=O)c(O)c2)cc1O. The molecule has 0 saturated heterocycles. The Hall–Kier alpha value is -3.53. The van der Waals surface area contributed by atoms with Crippen LogP contribution in [0, 0.1) is 0 Å². The molecule has 2 rings (SSSR count). The molecule has 108 valence electrons. The summed E-state index contributed by atoms with van der Waals surface area (Å²) in [5, 5.41) is 19.3. The van der Waals surface area contributed by atoms with Crippen molar-refractivity contribution in [2.75, 3.05) is 0 Å². The zero-order valence-corrected chi connectivity index (χ0v) is 11.0. The van der Waals surface area contributed by atoms with E-state index in [9.17, 15) is 24.6 Å². The van der Waals surface area contributed by atoms with Gasteiger partial charge in [0.2, 0.25) is 12.2 Å². The third kappa shape index (κ3) is 2.96. The van der Waals surface area contributed by atoms with E-state index in [0.717, 1.165) is 12.1 Å². The molecule has 0 aliphatic carbocycles. The quantitative estimate of drug-likeness (QED) is 0.510. The highest BCUT2D eigenvalue weighted by Gasteiger charge is 2.13. The number of isocyanates is 2. The summed E-state index contributed by atoms with van der Waals surface area (Å²) >= 11 is 0. The molecule has 0 aliphatic rings. The topological polar surface area (TPSA) is 116 Å². The summed E-state index contributed by atoms with van der Waals surface area (Å²) in [6, 6.07) is 7.61. The first-order valence-electron chi connectivity index (χ1n) is 5.93. The maximum Gasteiger partial charge on any atom is 0.240 e. The van der Waals surface area contributed by atoms with E-state index in [1.165, 1.54) is 36.4 Å². The number of carbonyl (C=O) groups excluding carboxylic acids is 3. The molecule has 0 unspecified atom stereocenters. The fraction of sp³-hybridized carbons (Fsp3) is 0. The third-order valence-electron chi connectivity index (χ3n) is 2.81. The van der Waals surface area contributed by atoms with E-state index < -0.39 is 5.78 Å². The number of hydrogen-bond donors (Lipinski definition) is 2. The summed E-state index contributed by atoms with van der Waals surface area (Å²) in [5.74, 6) is -1.17. The zero-order chi connectivity index (χ0) is 16.1. The lowest BCUT2D eigenvalue weighted by atomic mass is 10.0. The van der Waals surface area contributed by atoms with E-state index in [-0.39, 0.29) is 34.0 Å². The van der Waals surface area contributed by atoms with Crippen LogP contribution in [0.3, 0.4) is 0 Å². The van der Waals surface area contributed by atoms with Crippen LogP contribution in [0.2, 0.25) is 0 Å². The molecule has 0 aliphatic heterocycles. The Labute approximate surface area is 123 Å². The first-order valence-corrected chi connectivity index (χ1v) is 5.93. The first kappa shape index (κ1) is 14.9. The van der Waals surface area contributed by atoms with Crippen LogP contribution in [0.1, 0.15) is 15.9 Å². The number of aliphatic imine (C=N–C) groups is 2. The molecule has 2 N–H and O–H groups in total. The normalized spacial score (nSPS) is 9.45. The molecule has 0 aromatic heterocycles. The van der Waals surface area contributed by atoms with Crippen molar-refractivity contribution in [2.24, 2.45) is 9.98 Å². The van der Waals surface area contributed by atoms with Gasteiger partial charge in [0, 0.05) is 11.1 Å². The average molecular weight is 296 g/mol. The van der Waals surface area contributed by atoms with Gasteiger partial charge in [0.1, 0.15) is 22.9 Å². The standard InChI is InChI=1S/C15H8N2O5/c18-7-16-11-3-1-9(5-13(11)20)15(22)10-2-4-12(17-8-19)14(21)6-10/h1-6,20-21H. The second-order valence-electron chi connectivity index (χ2n) is 4.14. The summed E-state index contributed by atoms with van der Waals surface area (Å²) < 4.78 is 0. The Morgan fingerprint density at radius 1 is 0.818 bits per heavy atom. The maximum absolute atomic E-state index is 12.3. The smallest absolute Gasteiger partial charge is 0.240 e. The predicted molar refractivity (Wildman–Crippen MR) is 75.2 cm³/mol. The van der Waals surface area contributed by atoms with E-state index in [2.05, 4.69) is 9.98 Å². The summed E-state index contributed by atoms with van der Waals surface area (Å²) in [7, 11) is 0. The van der Waals surface area contributed by atoms with Crippen molar-refractivity contribution in [3.05, 3.63) is 47.5 Å². The number of hydrogen-bond acceptors (Lipinski definition) is 7. The molecule has 2 aromatic rings. The number of benzene rings is 2. The molecule has 2 aromatic carbocycles. The number of phenols is 2. The van der Waals surface area contributed by atoms with Crippen LogP contribution in [0.15, 0.2) is 46.4 Å². The second kappa shape index (κ2) is 6.28. The number of aromatic hydroxyl groups is 2. The highest BCUT2D eigenvalue weighted by molar-refractivity contribution is 6.09. The summed E-state index contributed by atoms with van der Waals surface area (Å²) in [6.07, 6.45) is 2.57. The molecule has 0 radical (unpaired) electrons. The van der Waals surface area contributed by atoms with E-state index >= 15 is 0 Å². The lowest BCUT2D eigenvalue weighted by Gasteiger charge is -2.05. The number of rotatable bonds is 4. The zero-order valence-electron chi connectivity index (χ0n) is 11.0. The van der Waals surface area contributed by atoms with Crippen molar-refractivity contribution in [1.29, 1.82) is 0 Å². The van der Waals surface area contributed by atoms with E-state index in [1.807, 2.05) is 0 Å². The van der Waals surface area contributed by atoms with Gasteiger partial charge in [-0.15, -0.1) is 0 Å². The van der Waals surface area contributed by atoms with Gasteiger partial charge >= 0.3 is 0 Å². The molecular formula is C15H8N2O5. The molecule has 0 bridgehead atoms. The van der Waals surface area contributed by atoms with Gasteiger partial charge in [-0.3, -0.25) is 4.79 Å². The van der Waals surface area contributed by atoms with Crippen molar-refractivity contribution in [1.82, 2.24) is 0 Å². The largest absolute Gasteiger partial charge is 0.506 e. The van der Waals surface area contributed by atoms with Crippen LogP contribution in [0.5, 0.6) is 11.5 Å². The van der Waals surface area contributed by atoms with E-state index in [1.54, 1.807) is 0 Å². The lowest BCUT2D eigenvalue weighted by Crippen LogP contribution is -2.00. The van der Waals surface area contributed by atoms with Crippen LogP contribution >= 0.6 is 0 Å². The molecule has 0 heterocycles. The lowest BCUT2D eigenvalue weighted by molar-refractivity contribution is 0.103. The van der Waals surface area contributed by atoms with Gasteiger partial charge < -0.3 is 10.2 Å². The van der Waals surface area contributed by atoms with Crippen LogP contribution in [0.25, 0.3) is 0 Å². The van der Waals surface area contributed by atoms with Crippen LogP contribution in [-0.2, 0) is 9.59 Å². The fourth-order valence-electron chi connectivity index (χ4n) is 1.78. The van der Waals surface area contributed by atoms with Crippen molar-refractivity contribution in [3.8, 4) is 11.5 Å². The van der Waals surface area contributed by atoms with Crippen LogP contribution < -0.4 is 0 Å². The van der Waals surface area contributed by atoms with E-state index in [4.69, 9.17) is 0 Å². The predicted octanol–water partition coefficient (Wildman–Crippen LogP) is 2.26. The molecule has 0 fully saturated rings. The molecule has 0 spiro atoms. The Balaban J connectivity index is 2.40. The molecule has 0 saturated carbocycles. The van der Waals surface area contributed by atoms with E-state index in [0.29, 0.717) is 0 Å². The van der Waals surface area contributed by atoms with Gasteiger partial charge in [-0.25, -0.2) is 9.59 Å². The van der Waals surface area contributed by atoms with Crippen molar-refractivity contribution >= 4 is 29.3 Å². The van der Waals surface area contributed by atoms with Crippen LogP contribution in [0.4, 0.5) is 11.4 Å². The van der Waals surface area contributed by atoms with Crippen molar-refractivity contribution in [2.45, 2.75) is 0 Å². The first-order chi connectivity index (χ1) is 10.6. The van der Waals surface area contributed by atoms with Crippen molar-refractivity contribution in [3.63, 3.8) is 0 Å². The highest BCUT2D eigenvalue weighted by Crippen LogP contribution is 2.30. The Morgan fingerprint density at radius 3 is 1.55 bits per heavy atom. The van der Waals surface area contributed by atoms with Gasteiger partial charge in [0.05, 0.1) is 0 Å². The third-order valence-corrected chi connectivity index (χ3v) is 2.81. The monoisotopic (exact) mass is 296 g/mol. The fourth-order valence-corrected chi connectivity index (χ4v) is 1.78. The number of carbonyl (C=O) groups is 1. The molecule has 0 amide bonds. The Bertz CT molecular complexity index is 778. The minimum Gasteiger partial charge on any atom is -0.506 e. The molecule has 7 nitrogen and oxygen atoms in total. The minimum atomic E-state index is -0.478. The summed E-state index contributed by atoms with van der Waals surface area (Å²) in [5.41, 5.74) is 0.247. The maximum atomic E-state index is 12.3. The highest BCUT2D eigenvalue weighted by atomic mass is 16.3. The van der Waals surface area contributed by atoms with Gasteiger partial charge in [-0.1, -0.05) is 0 Å². The second-order valence-corrected chi connectivity index (χ2v) is 4.14. The average Bonchev–Trinajstić information content (AvgIpc) is 2.51. The summed E-state index contributed by atoms with van der Waals surface area (Å²) in [6.45, 7) is 0. The number of phenolic OH excluding ortho intramolecular Hbond substituents is 2. The molecule has 7 heteroatoms. The van der Waals surface area contributed by atoms with Gasteiger partial charge in [0.25, 0.3) is 0 Å². The Kier molecular flexibility index (Phi) is 4.24. The van der Waals surface area contributed by atoms with Gasteiger partial charge in [0.15, 0.2) is 5.78 Å². The molecular weight excluding hydrogens is 288 g/mol. The molecule has 22 heavy (non-hydrogen) atoms. The number of nitrogens with zero attached hydrogens (tertiary/aromatic N) is 2. The van der Waals surface area contributed by atoms with Crippen molar-refractivity contribution < 1.29 is 24.6 Å². The molecule has 0 atom stereocenters. The Morgan fingerprint density at radius 2 is 1.23 bits per heavy atom. The van der Waals surface area contributed by atoms with Gasteiger partial charge in [-0.05, 0) is 36.4 Å². The summed E-state index contributed by atoms with van der Waals surface area (Å²) in [4.78, 5) is 39.1.